The molecule has 0 aliphatic carbocycles. The average molecular weight is 349 g/mol. The van der Waals surface area contributed by atoms with Crippen LogP contribution in [0.25, 0.3) is 5.57 Å². The Bertz CT molecular complexity index is 745. The summed E-state index contributed by atoms with van der Waals surface area (Å²) in [4.78, 5) is 14.6. The van der Waals surface area contributed by atoms with E-state index in [-0.39, 0.29) is 12.1 Å². The van der Waals surface area contributed by atoms with Crippen molar-refractivity contribution in [1.82, 2.24) is 4.90 Å². The van der Waals surface area contributed by atoms with E-state index in [0.29, 0.717) is 6.54 Å². The first-order valence-electron chi connectivity index (χ1n) is 8.72. The van der Waals surface area contributed by atoms with E-state index in [4.69, 9.17) is 4.74 Å². The topological polar surface area (TPSA) is 29.5 Å². The smallest absolute Gasteiger partial charge is 0.411 e. The maximum atomic E-state index is 12.9. The Kier molecular flexibility index (Phi) is 6.40. The van der Waals surface area contributed by atoms with Gasteiger partial charge in [0.25, 0.3) is 0 Å². The summed E-state index contributed by atoms with van der Waals surface area (Å²) >= 11 is 0. The molecule has 0 aromatic heterocycles. The Morgan fingerprint density at radius 2 is 1.62 bits per heavy atom. The van der Waals surface area contributed by atoms with Crippen LogP contribution in [0.15, 0.2) is 79.9 Å². The molecular formula is C23H27NO2. The number of carbonyl (C=O) groups is 1. The second kappa shape index (κ2) is 8.52. The molecule has 2 aromatic rings. The van der Waals surface area contributed by atoms with E-state index in [1.165, 1.54) is 0 Å². The first kappa shape index (κ1) is 19.5. The molecule has 0 spiro atoms. The summed E-state index contributed by atoms with van der Waals surface area (Å²) in [6.45, 7) is 14.0. The molecule has 2 aromatic carbocycles. The minimum atomic E-state index is -0.578. The van der Waals surface area contributed by atoms with Crippen molar-refractivity contribution in [2.75, 3.05) is 6.54 Å². The van der Waals surface area contributed by atoms with Crippen LogP contribution < -0.4 is 0 Å². The van der Waals surface area contributed by atoms with E-state index in [1.807, 2.05) is 81.4 Å². The van der Waals surface area contributed by atoms with Gasteiger partial charge in [0.2, 0.25) is 0 Å². The SMILES string of the molecule is C=CC(c1ccccc1)N(CC(=C)c1ccccc1)C(=O)OC(C)(C)C. The van der Waals surface area contributed by atoms with Crippen LogP contribution in [-0.2, 0) is 4.74 Å². The number of carbonyl (C=O) groups excluding carboxylic acids is 1. The number of ether oxygens (including phenoxy) is 1. The molecule has 0 aliphatic heterocycles. The highest BCUT2D eigenvalue weighted by Crippen LogP contribution is 2.27. The van der Waals surface area contributed by atoms with E-state index in [1.54, 1.807) is 11.0 Å². The molecular weight excluding hydrogens is 322 g/mol. The monoisotopic (exact) mass is 349 g/mol. The van der Waals surface area contributed by atoms with Gasteiger partial charge in [0.1, 0.15) is 5.60 Å². The molecule has 0 N–H and O–H groups in total. The van der Waals surface area contributed by atoms with E-state index < -0.39 is 5.60 Å². The standard InChI is InChI=1S/C23H27NO2/c1-6-21(20-15-11-8-12-16-20)24(22(25)26-23(3,4)5)17-18(2)19-13-9-7-10-14-19/h6-16,21H,1-2,17H2,3-5H3. The lowest BCUT2D eigenvalue weighted by atomic mass is 10.0. The van der Waals surface area contributed by atoms with E-state index in [0.717, 1.165) is 16.7 Å². The van der Waals surface area contributed by atoms with Gasteiger partial charge in [0, 0.05) is 6.54 Å². The summed E-state index contributed by atoms with van der Waals surface area (Å²) in [5.74, 6) is 0. The highest BCUT2D eigenvalue weighted by Gasteiger charge is 2.28. The molecule has 0 bridgehead atoms. The molecule has 0 heterocycles. The third-order valence-corrected chi connectivity index (χ3v) is 3.87. The van der Waals surface area contributed by atoms with Gasteiger partial charge in [-0.1, -0.05) is 73.3 Å². The number of hydrogen-bond donors (Lipinski definition) is 0. The summed E-state index contributed by atoms with van der Waals surface area (Å²) in [5, 5.41) is 0. The number of nitrogens with zero attached hydrogens (tertiary/aromatic N) is 1. The van der Waals surface area contributed by atoms with Gasteiger partial charge in [0.05, 0.1) is 6.04 Å². The molecule has 0 saturated heterocycles. The van der Waals surface area contributed by atoms with Crippen LogP contribution in [0.5, 0.6) is 0 Å². The van der Waals surface area contributed by atoms with Crippen LogP contribution in [0, 0.1) is 0 Å². The molecule has 3 heteroatoms. The van der Waals surface area contributed by atoms with Crippen molar-refractivity contribution in [3.8, 4) is 0 Å². The van der Waals surface area contributed by atoms with E-state index in [2.05, 4.69) is 13.2 Å². The Labute approximate surface area is 156 Å². The zero-order valence-corrected chi connectivity index (χ0v) is 15.8. The number of rotatable bonds is 6. The fourth-order valence-electron chi connectivity index (χ4n) is 2.66. The van der Waals surface area contributed by atoms with Crippen molar-refractivity contribution in [3.63, 3.8) is 0 Å². The van der Waals surface area contributed by atoms with Gasteiger partial charge in [-0.2, -0.15) is 0 Å². The second-order valence-electron chi connectivity index (χ2n) is 7.17. The number of benzene rings is 2. The van der Waals surface area contributed by atoms with E-state index in [9.17, 15) is 4.79 Å². The second-order valence-corrected chi connectivity index (χ2v) is 7.17. The average Bonchev–Trinajstić information content (AvgIpc) is 2.61. The predicted molar refractivity (Wildman–Crippen MR) is 108 cm³/mol. The Balaban J connectivity index is 2.33. The molecule has 0 saturated carbocycles. The summed E-state index contributed by atoms with van der Waals surface area (Å²) in [7, 11) is 0. The van der Waals surface area contributed by atoms with E-state index >= 15 is 0 Å². The molecule has 0 aliphatic rings. The molecule has 26 heavy (non-hydrogen) atoms. The van der Waals surface area contributed by atoms with Crippen LogP contribution >= 0.6 is 0 Å². The highest BCUT2D eigenvalue weighted by molar-refractivity contribution is 5.74. The van der Waals surface area contributed by atoms with Crippen LogP contribution in [-0.4, -0.2) is 23.1 Å². The van der Waals surface area contributed by atoms with Gasteiger partial charge in [-0.25, -0.2) is 4.79 Å². The molecule has 3 nitrogen and oxygen atoms in total. The van der Waals surface area contributed by atoms with Gasteiger partial charge in [-0.15, -0.1) is 6.58 Å². The molecule has 1 unspecified atom stereocenters. The van der Waals surface area contributed by atoms with Gasteiger partial charge >= 0.3 is 6.09 Å². The summed E-state index contributed by atoms with van der Waals surface area (Å²) in [6.07, 6.45) is 1.38. The number of hydrogen-bond acceptors (Lipinski definition) is 2. The van der Waals surface area contributed by atoms with Crippen molar-refractivity contribution >= 4 is 11.7 Å². The fourth-order valence-corrected chi connectivity index (χ4v) is 2.66. The third-order valence-electron chi connectivity index (χ3n) is 3.87. The van der Waals surface area contributed by atoms with Crippen LogP contribution in [0.4, 0.5) is 4.79 Å². The molecule has 2 rings (SSSR count). The fraction of sp³-hybridized carbons (Fsp3) is 0.261. The quantitative estimate of drug-likeness (QED) is 0.611. The summed E-state index contributed by atoms with van der Waals surface area (Å²) < 4.78 is 5.64. The van der Waals surface area contributed by atoms with Crippen molar-refractivity contribution in [3.05, 3.63) is 91.0 Å². The maximum Gasteiger partial charge on any atom is 0.411 e. The third kappa shape index (κ3) is 5.35. The largest absolute Gasteiger partial charge is 0.444 e. The zero-order chi connectivity index (χ0) is 19.2. The maximum absolute atomic E-state index is 12.9. The molecule has 1 amide bonds. The Morgan fingerprint density at radius 3 is 2.12 bits per heavy atom. The lowest BCUT2D eigenvalue weighted by Gasteiger charge is -2.33. The molecule has 136 valence electrons. The lowest BCUT2D eigenvalue weighted by Crippen LogP contribution is -2.39. The predicted octanol–water partition coefficient (Wildman–Crippen LogP) is 5.86. The van der Waals surface area contributed by atoms with Gasteiger partial charge < -0.3 is 4.74 Å². The summed E-state index contributed by atoms with van der Waals surface area (Å²) in [6, 6.07) is 19.4. The minimum Gasteiger partial charge on any atom is -0.444 e. The van der Waals surface area contributed by atoms with Crippen LogP contribution in [0.1, 0.15) is 37.9 Å². The molecule has 0 radical (unpaired) electrons. The normalized spacial score (nSPS) is 12.1. The highest BCUT2D eigenvalue weighted by atomic mass is 16.6. The Morgan fingerprint density at radius 1 is 1.08 bits per heavy atom. The van der Waals surface area contributed by atoms with Crippen molar-refractivity contribution < 1.29 is 9.53 Å². The van der Waals surface area contributed by atoms with Crippen molar-refractivity contribution in [2.24, 2.45) is 0 Å². The summed E-state index contributed by atoms with van der Waals surface area (Å²) in [5.41, 5.74) is 2.25. The van der Waals surface area contributed by atoms with Gasteiger partial charge in [-0.05, 0) is 37.5 Å². The van der Waals surface area contributed by atoms with Gasteiger partial charge in [-0.3, -0.25) is 4.90 Å². The molecule has 1 atom stereocenters. The van der Waals surface area contributed by atoms with Crippen LogP contribution in [0.3, 0.4) is 0 Å². The molecule has 0 fully saturated rings. The first-order chi connectivity index (χ1) is 12.3. The Hall–Kier alpha value is -2.81. The zero-order valence-electron chi connectivity index (χ0n) is 15.8. The van der Waals surface area contributed by atoms with Crippen molar-refractivity contribution in [1.29, 1.82) is 0 Å². The van der Waals surface area contributed by atoms with Crippen LogP contribution in [0.2, 0.25) is 0 Å². The van der Waals surface area contributed by atoms with Gasteiger partial charge in [0.15, 0.2) is 0 Å². The lowest BCUT2D eigenvalue weighted by molar-refractivity contribution is 0.0227. The number of amides is 1. The first-order valence-corrected chi connectivity index (χ1v) is 8.72. The van der Waals surface area contributed by atoms with Crippen molar-refractivity contribution in [2.45, 2.75) is 32.4 Å². The minimum absolute atomic E-state index is 0.300.